The van der Waals surface area contributed by atoms with Gasteiger partial charge in [0.25, 0.3) is 0 Å². The molecule has 0 heterocycles. The SMILES string of the molecule is COc1ccc(CCC(=O)CCC(C)C)cc1. The smallest absolute Gasteiger partial charge is 0.133 e. The average molecular weight is 234 g/mol. The number of Topliss-reactive ketones (excluding diaryl/α,β-unsaturated/α-hetero) is 1. The van der Waals surface area contributed by atoms with Gasteiger partial charge in [-0.15, -0.1) is 0 Å². The van der Waals surface area contributed by atoms with E-state index in [1.807, 2.05) is 24.3 Å². The first-order chi connectivity index (χ1) is 8.11. The van der Waals surface area contributed by atoms with Crippen molar-refractivity contribution in [1.82, 2.24) is 0 Å². The van der Waals surface area contributed by atoms with Crippen molar-refractivity contribution in [3.05, 3.63) is 29.8 Å². The van der Waals surface area contributed by atoms with Crippen molar-refractivity contribution in [2.75, 3.05) is 7.11 Å². The third kappa shape index (κ3) is 5.53. The van der Waals surface area contributed by atoms with Crippen LogP contribution in [0.1, 0.15) is 38.7 Å². The molecular weight excluding hydrogens is 212 g/mol. The molecular formula is C15H22O2. The fourth-order valence-electron chi connectivity index (χ4n) is 1.65. The molecule has 17 heavy (non-hydrogen) atoms. The van der Waals surface area contributed by atoms with E-state index in [1.165, 1.54) is 5.56 Å². The van der Waals surface area contributed by atoms with Gasteiger partial charge < -0.3 is 4.74 Å². The van der Waals surface area contributed by atoms with Crippen molar-refractivity contribution in [2.45, 2.75) is 39.5 Å². The summed E-state index contributed by atoms with van der Waals surface area (Å²) in [6.45, 7) is 4.30. The largest absolute Gasteiger partial charge is 0.497 e. The van der Waals surface area contributed by atoms with E-state index in [0.29, 0.717) is 24.5 Å². The minimum Gasteiger partial charge on any atom is -0.497 e. The van der Waals surface area contributed by atoms with Gasteiger partial charge in [0.2, 0.25) is 0 Å². The third-order valence-corrected chi connectivity index (χ3v) is 2.85. The number of methoxy groups -OCH3 is 1. The maximum Gasteiger partial charge on any atom is 0.133 e. The van der Waals surface area contributed by atoms with Crippen molar-refractivity contribution in [3.8, 4) is 5.75 Å². The zero-order valence-corrected chi connectivity index (χ0v) is 11.0. The van der Waals surface area contributed by atoms with Gasteiger partial charge in [0.1, 0.15) is 11.5 Å². The minimum absolute atomic E-state index is 0.370. The van der Waals surface area contributed by atoms with Gasteiger partial charge in [-0.3, -0.25) is 4.79 Å². The van der Waals surface area contributed by atoms with Crippen LogP contribution in [0.15, 0.2) is 24.3 Å². The highest BCUT2D eigenvalue weighted by Crippen LogP contribution is 2.13. The van der Waals surface area contributed by atoms with Gasteiger partial charge in [0, 0.05) is 12.8 Å². The van der Waals surface area contributed by atoms with Crippen LogP contribution >= 0.6 is 0 Å². The summed E-state index contributed by atoms with van der Waals surface area (Å²) in [5.74, 6) is 1.84. The van der Waals surface area contributed by atoms with Crippen molar-refractivity contribution >= 4 is 5.78 Å². The summed E-state index contributed by atoms with van der Waals surface area (Å²) < 4.78 is 5.09. The van der Waals surface area contributed by atoms with Crippen molar-refractivity contribution < 1.29 is 9.53 Å². The van der Waals surface area contributed by atoms with Crippen LogP contribution < -0.4 is 4.74 Å². The first kappa shape index (κ1) is 13.8. The summed E-state index contributed by atoms with van der Waals surface area (Å²) >= 11 is 0. The summed E-state index contributed by atoms with van der Waals surface area (Å²) in [4.78, 5) is 11.6. The molecule has 0 fully saturated rings. The van der Waals surface area contributed by atoms with Crippen LogP contribution in [-0.4, -0.2) is 12.9 Å². The molecule has 0 bridgehead atoms. The van der Waals surface area contributed by atoms with Crippen molar-refractivity contribution in [2.24, 2.45) is 5.92 Å². The molecule has 1 aromatic carbocycles. The molecule has 0 saturated carbocycles. The minimum atomic E-state index is 0.370. The monoisotopic (exact) mass is 234 g/mol. The number of rotatable bonds is 7. The Bertz CT molecular complexity index is 338. The molecule has 0 amide bonds. The van der Waals surface area contributed by atoms with Gasteiger partial charge in [-0.05, 0) is 36.5 Å². The van der Waals surface area contributed by atoms with Crippen LogP contribution in [0.3, 0.4) is 0 Å². The lowest BCUT2D eigenvalue weighted by atomic mass is 10.0. The molecule has 1 rings (SSSR count). The molecule has 0 N–H and O–H groups in total. The van der Waals surface area contributed by atoms with Crippen LogP contribution in [0.2, 0.25) is 0 Å². The summed E-state index contributed by atoms with van der Waals surface area (Å²) in [5, 5.41) is 0. The highest BCUT2D eigenvalue weighted by atomic mass is 16.5. The maximum absolute atomic E-state index is 11.6. The zero-order chi connectivity index (χ0) is 12.7. The second kappa shape index (κ2) is 7.10. The topological polar surface area (TPSA) is 26.3 Å². The Hall–Kier alpha value is -1.31. The van der Waals surface area contributed by atoms with E-state index < -0.39 is 0 Å². The standard InChI is InChI=1S/C15H22O2/c1-12(2)4-8-14(16)9-5-13-6-10-15(17-3)11-7-13/h6-7,10-12H,4-5,8-9H2,1-3H3. The van der Waals surface area contributed by atoms with E-state index in [0.717, 1.165) is 18.6 Å². The molecule has 0 radical (unpaired) electrons. The van der Waals surface area contributed by atoms with E-state index in [-0.39, 0.29) is 0 Å². The fourth-order valence-corrected chi connectivity index (χ4v) is 1.65. The lowest BCUT2D eigenvalue weighted by Crippen LogP contribution is -2.02. The quantitative estimate of drug-likeness (QED) is 0.720. The zero-order valence-electron chi connectivity index (χ0n) is 11.0. The average Bonchev–Trinajstić information content (AvgIpc) is 2.34. The fraction of sp³-hybridized carbons (Fsp3) is 0.533. The molecule has 0 aliphatic carbocycles. The van der Waals surface area contributed by atoms with E-state index >= 15 is 0 Å². The number of carbonyl (C=O) groups is 1. The summed E-state index contributed by atoms with van der Waals surface area (Å²) in [6, 6.07) is 7.92. The van der Waals surface area contributed by atoms with Crippen LogP contribution in [0.5, 0.6) is 5.75 Å². The maximum atomic E-state index is 11.6. The second-order valence-corrected chi connectivity index (χ2v) is 4.82. The van der Waals surface area contributed by atoms with Gasteiger partial charge in [0.15, 0.2) is 0 Å². The Morgan fingerprint density at radius 1 is 1.18 bits per heavy atom. The van der Waals surface area contributed by atoms with Gasteiger partial charge >= 0.3 is 0 Å². The number of carbonyl (C=O) groups excluding carboxylic acids is 1. The van der Waals surface area contributed by atoms with Gasteiger partial charge in [-0.1, -0.05) is 26.0 Å². The normalized spacial score (nSPS) is 10.6. The van der Waals surface area contributed by atoms with Gasteiger partial charge in [0.05, 0.1) is 7.11 Å². The molecule has 0 saturated heterocycles. The Balaban J connectivity index is 2.31. The highest BCUT2D eigenvalue weighted by molar-refractivity contribution is 5.78. The predicted molar refractivity (Wildman–Crippen MR) is 70.4 cm³/mol. The molecule has 0 spiro atoms. The van der Waals surface area contributed by atoms with Gasteiger partial charge in [-0.25, -0.2) is 0 Å². The number of hydrogen-bond acceptors (Lipinski definition) is 2. The molecule has 1 aromatic rings. The molecule has 0 atom stereocenters. The van der Waals surface area contributed by atoms with E-state index in [1.54, 1.807) is 7.11 Å². The molecule has 94 valence electrons. The van der Waals surface area contributed by atoms with Crippen molar-refractivity contribution in [3.63, 3.8) is 0 Å². The Morgan fingerprint density at radius 3 is 2.35 bits per heavy atom. The molecule has 0 aliphatic heterocycles. The van der Waals surface area contributed by atoms with Crippen molar-refractivity contribution in [1.29, 1.82) is 0 Å². The van der Waals surface area contributed by atoms with Crippen LogP contribution in [-0.2, 0) is 11.2 Å². The number of ether oxygens (including phenoxy) is 1. The summed E-state index contributed by atoms with van der Waals surface area (Å²) in [5.41, 5.74) is 1.20. The van der Waals surface area contributed by atoms with Crippen LogP contribution in [0.25, 0.3) is 0 Å². The molecule has 2 nitrogen and oxygen atoms in total. The van der Waals surface area contributed by atoms with E-state index in [2.05, 4.69) is 13.8 Å². The van der Waals surface area contributed by atoms with Gasteiger partial charge in [-0.2, -0.15) is 0 Å². The lowest BCUT2D eigenvalue weighted by molar-refractivity contribution is -0.119. The number of hydrogen-bond donors (Lipinski definition) is 0. The van der Waals surface area contributed by atoms with E-state index in [4.69, 9.17) is 4.74 Å². The highest BCUT2D eigenvalue weighted by Gasteiger charge is 2.04. The number of ketones is 1. The van der Waals surface area contributed by atoms with Crippen LogP contribution in [0.4, 0.5) is 0 Å². The Kier molecular flexibility index (Phi) is 5.75. The van der Waals surface area contributed by atoms with Crippen LogP contribution in [0, 0.1) is 5.92 Å². The molecule has 2 heteroatoms. The number of benzene rings is 1. The first-order valence-electron chi connectivity index (χ1n) is 6.26. The molecule has 0 aliphatic rings. The predicted octanol–water partition coefficient (Wildman–Crippen LogP) is 3.63. The molecule has 0 aromatic heterocycles. The Morgan fingerprint density at radius 2 is 1.82 bits per heavy atom. The third-order valence-electron chi connectivity index (χ3n) is 2.85. The second-order valence-electron chi connectivity index (χ2n) is 4.82. The summed E-state index contributed by atoms with van der Waals surface area (Å²) in [7, 11) is 1.66. The van der Waals surface area contributed by atoms with E-state index in [9.17, 15) is 4.79 Å². The lowest BCUT2D eigenvalue weighted by Gasteiger charge is -2.05. The number of aryl methyl sites for hydroxylation is 1. The summed E-state index contributed by atoms with van der Waals surface area (Å²) in [6.07, 6.45) is 3.20. The first-order valence-corrected chi connectivity index (χ1v) is 6.26. The molecule has 0 unspecified atom stereocenters. The Labute approximate surface area is 104 Å².